The van der Waals surface area contributed by atoms with Crippen molar-refractivity contribution in [3.63, 3.8) is 0 Å². The van der Waals surface area contributed by atoms with Crippen LogP contribution in [-0.2, 0) is 31.0 Å². The van der Waals surface area contributed by atoms with Crippen molar-refractivity contribution < 1.29 is 9.18 Å². The first-order chi connectivity index (χ1) is 13.1. The quantitative estimate of drug-likeness (QED) is 0.880. The first-order valence-electron chi connectivity index (χ1n) is 9.89. The molecule has 0 saturated heterocycles. The van der Waals surface area contributed by atoms with Gasteiger partial charge in [0.25, 0.3) is 0 Å². The molecular formula is C21H27FN4O. The molecule has 0 radical (unpaired) electrons. The Hall–Kier alpha value is -2.21. The van der Waals surface area contributed by atoms with E-state index < -0.39 is 0 Å². The average Bonchev–Trinajstić information content (AvgIpc) is 3.32. The SMILES string of the molecule is Cc1ccc(F)c(CN2CCn3nc(CNC(=O)C4CCCC4)cc3C2)c1. The molecule has 2 heterocycles. The van der Waals surface area contributed by atoms with Crippen LogP contribution in [0.2, 0.25) is 0 Å². The molecule has 1 aromatic carbocycles. The van der Waals surface area contributed by atoms with Crippen LogP contribution in [0.1, 0.15) is 48.2 Å². The van der Waals surface area contributed by atoms with Crippen LogP contribution in [0.25, 0.3) is 0 Å². The first-order valence-corrected chi connectivity index (χ1v) is 9.89. The van der Waals surface area contributed by atoms with Gasteiger partial charge in [0.15, 0.2) is 0 Å². The van der Waals surface area contributed by atoms with E-state index in [0.29, 0.717) is 13.1 Å². The van der Waals surface area contributed by atoms with Crippen LogP contribution >= 0.6 is 0 Å². The fraction of sp³-hybridized carbons (Fsp3) is 0.524. The van der Waals surface area contributed by atoms with Crippen molar-refractivity contribution in [1.82, 2.24) is 20.0 Å². The van der Waals surface area contributed by atoms with Gasteiger partial charge in [-0.3, -0.25) is 14.4 Å². The Labute approximate surface area is 159 Å². The van der Waals surface area contributed by atoms with E-state index >= 15 is 0 Å². The molecule has 1 fully saturated rings. The summed E-state index contributed by atoms with van der Waals surface area (Å²) in [4.78, 5) is 14.4. The van der Waals surface area contributed by atoms with Crippen molar-refractivity contribution in [1.29, 1.82) is 0 Å². The highest BCUT2D eigenvalue weighted by Gasteiger charge is 2.23. The molecule has 1 amide bonds. The van der Waals surface area contributed by atoms with E-state index in [1.54, 1.807) is 12.1 Å². The van der Waals surface area contributed by atoms with E-state index in [1.165, 1.54) is 0 Å². The molecule has 5 nitrogen and oxygen atoms in total. The summed E-state index contributed by atoms with van der Waals surface area (Å²) in [5.41, 5.74) is 3.85. The molecule has 2 aliphatic rings. The van der Waals surface area contributed by atoms with Gasteiger partial charge in [-0.1, -0.05) is 30.5 Å². The van der Waals surface area contributed by atoms with Crippen LogP contribution in [0.3, 0.4) is 0 Å². The van der Waals surface area contributed by atoms with E-state index in [-0.39, 0.29) is 17.6 Å². The van der Waals surface area contributed by atoms with Crippen LogP contribution < -0.4 is 5.32 Å². The van der Waals surface area contributed by atoms with Crippen LogP contribution in [0, 0.1) is 18.7 Å². The van der Waals surface area contributed by atoms with Gasteiger partial charge >= 0.3 is 0 Å². The number of rotatable bonds is 5. The van der Waals surface area contributed by atoms with E-state index in [0.717, 1.165) is 67.8 Å². The zero-order valence-electron chi connectivity index (χ0n) is 15.9. The number of halogens is 1. The molecule has 0 spiro atoms. The monoisotopic (exact) mass is 370 g/mol. The van der Waals surface area contributed by atoms with Crippen LogP contribution in [0.15, 0.2) is 24.3 Å². The number of aromatic nitrogens is 2. The fourth-order valence-electron chi connectivity index (χ4n) is 4.18. The molecule has 0 unspecified atom stereocenters. The lowest BCUT2D eigenvalue weighted by Crippen LogP contribution is -2.33. The Morgan fingerprint density at radius 3 is 2.89 bits per heavy atom. The Morgan fingerprint density at radius 1 is 1.26 bits per heavy atom. The number of fused-ring (bicyclic) bond motifs is 1. The summed E-state index contributed by atoms with van der Waals surface area (Å²) in [5.74, 6) is 0.201. The minimum atomic E-state index is -0.144. The number of benzene rings is 1. The van der Waals surface area contributed by atoms with Gasteiger partial charge < -0.3 is 5.32 Å². The third-order valence-electron chi connectivity index (χ3n) is 5.69. The second kappa shape index (κ2) is 7.80. The number of amides is 1. The predicted molar refractivity (Wildman–Crippen MR) is 101 cm³/mol. The summed E-state index contributed by atoms with van der Waals surface area (Å²) >= 11 is 0. The summed E-state index contributed by atoms with van der Waals surface area (Å²) < 4.78 is 16.1. The maximum atomic E-state index is 14.0. The van der Waals surface area contributed by atoms with Gasteiger partial charge in [0.05, 0.1) is 24.5 Å². The van der Waals surface area contributed by atoms with Crippen molar-refractivity contribution in [2.75, 3.05) is 6.54 Å². The van der Waals surface area contributed by atoms with Gasteiger partial charge in [-0.25, -0.2) is 4.39 Å². The van der Waals surface area contributed by atoms with Crippen molar-refractivity contribution in [3.8, 4) is 0 Å². The number of carbonyl (C=O) groups excluding carboxylic acids is 1. The van der Waals surface area contributed by atoms with E-state index in [9.17, 15) is 9.18 Å². The van der Waals surface area contributed by atoms with Gasteiger partial charge in [0.1, 0.15) is 5.82 Å². The van der Waals surface area contributed by atoms with E-state index in [4.69, 9.17) is 0 Å². The zero-order chi connectivity index (χ0) is 18.8. The van der Waals surface area contributed by atoms with Gasteiger partial charge in [-0.2, -0.15) is 5.10 Å². The molecule has 1 N–H and O–H groups in total. The number of aryl methyl sites for hydroxylation is 1. The van der Waals surface area contributed by atoms with Gasteiger partial charge in [0.2, 0.25) is 5.91 Å². The van der Waals surface area contributed by atoms with Crippen molar-refractivity contribution in [3.05, 3.63) is 52.6 Å². The molecule has 27 heavy (non-hydrogen) atoms. The lowest BCUT2D eigenvalue weighted by Gasteiger charge is -2.27. The highest BCUT2D eigenvalue weighted by molar-refractivity contribution is 5.78. The molecule has 1 saturated carbocycles. The lowest BCUT2D eigenvalue weighted by atomic mass is 10.1. The average molecular weight is 370 g/mol. The maximum absolute atomic E-state index is 14.0. The summed E-state index contributed by atoms with van der Waals surface area (Å²) in [6.07, 6.45) is 4.34. The Bertz CT molecular complexity index is 826. The fourth-order valence-corrected chi connectivity index (χ4v) is 4.18. The summed E-state index contributed by atoms with van der Waals surface area (Å²) in [6.45, 7) is 5.46. The minimum absolute atomic E-state index is 0.144. The summed E-state index contributed by atoms with van der Waals surface area (Å²) in [6, 6.07) is 7.33. The maximum Gasteiger partial charge on any atom is 0.223 e. The highest BCUT2D eigenvalue weighted by atomic mass is 19.1. The topological polar surface area (TPSA) is 50.2 Å². The minimum Gasteiger partial charge on any atom is -0.350 e. The Morgan fingerprint density at radius 2 is 2.07 bits per heavy atom. The Balaban J connectivity index is 1.36. The molecule has 1 aliphatic heterocycles. The number of nitrogens with zero attached hydrogens (tertiary/aromatic N) is 3. The van der Waals surface area contributed by atoms with Gasteiger partial charge in [0, 0.05) is 31.1 Å². The normalized spacial score (nSPS) is 17.9. The van der Waals surface area contributed by atoms with Crippen LogP contribution in [0.5, 0.6) is 0 Å². The van der Waals surface area contributed by atoms with Gasteiger partial charge in [-0.15, -0.1) is 0 Å². The molecule has 4 rings (SSSR count). The molecule has 1 aliphatic carbocycles. The van der Waals surface area contributed by atoms with Crippen LogP contribution in [-0.4, -0.2) is 27.1 Å². The van der Waals surface area contributed by atoms with Crippen molar-refractivity contribution in [2.24, 2.45) is 5.92 Å². The third-order valence-corrected chi connectivity index (χ3v) is 5.69. The molecule has 2 aromatic rings. The molecule has 0 atom stereocenters. The molecule has 1 aromatic heterocycles. The summed E-state index contributed by atoms with van der Waals surface area (Å²) in [7, 11) is 0. The van der Waals surface area contributed by atoms with Gasteiger partial charge in [-0.05, 0) is 31.9 Å². The lowest BCUT2D eigenvalue weighted by molar-refractivity contribution is -0.124. The third kappa shape index (κ3) is 4.21. The number of nitrogens with one attached hydrogen (secondary N) is 1. The predicted octanol–water partition coefficient (Wildman–Crippen LogP) is 3.15. The smallest absolute Gasteiger partial charge is 0.223 e. The highest BCUT2D eigenvalue weighted by Crippen LogP contribution is 2.25. The van der Waals surface area contributed by atoms with Crippen molar-refractivity contribution in [2.45, 2.75) is 58.8 Å². The second-order valence-electron chi connectivity index (χ2n) is 7.85. The number of hydrogen-bond donors (Lipinski definition) is 1. The van der Waals surface area contributed by atoms with Crippen LogP contribution in [0.4, 0.5) is 4.39 Å². The van der Waals surface area contributed by atoms with E-state index in [1.807, 2.05) is 17.7 Å². The standard InChI is InChI=1S/C21H27FN4O/c1-15-6-7-20(22)17(10-15)13-25-8-9-26-19(14-25)11-18(24-26)12-23-21(27)16-4-2-3-5-16/h6-7,10-11,16H,2-5,8-9,12-14H2,1H3,(H,23,27). The largest absolute Gasteiger partial charge is 0.350 e. The molecular weight excluding hydrogens is 343 g/mol. The number of hydrogen-bond acceptors (Lipinski definition) is 3. The number of carbonyl (C=O) groups is 1. The molecule has 0 bridgehead atoms. The second-order valence-corrected chi connectivity index (χ2v) is 7.85. The molecule has 6 heteroatoms. The zero-order valence-corrected chi connectivity index (χ0v) is 15.9. The van der Waals surface area contributed by atoms with E-state index in [2.05, 4.69) is 21.4 Å². The Kier molecular flexibility index (Phi) is 5.25. The van der Waals surface area contributed by atoms with Crippen molar-refractivity contribution >= 4 is 5.91 Å². The molecule has 144 valence electrons. The summed E-state index contributed by atoms with van der Waals surface area (Å²) in [5, 5.41) is 7.66. The first kappa shape index (κ1) is 18.2.